The van der Waals surface area contributed by atoms with Gasteiger partial charge in [0.2, 0.25) is 0 Å². The summed E-state index contributed by atoms with van der Waals surface area (Å²) in [4.78, 5) is 33.1. The van der Waals surface area contributed by atoms with Crippen LogP contribution in [0.25, 0.3) is 17.1 Å². The Morgan fingerprint density at radius 2 is 2.03 bits per heavy atom. The number of ether oxygens (including phenoxy) is 1. The molecule has 0 fully saturated rings. The number of hydrogen-bond acceptors (Lipinski definition) is 5. The third kappa shape index (κ3) is 3.06. The first-order valence-electron chi connectivity index (χ1n) is 10.4. The SMILES string of the molecule is C=Cc1cccc(N2C(=O)c3ccccc3C2(O)c2ccc3nc(OC(=O)NC)[nH]c3c2)c1F. The highest BCUT2D eigenvalue weighted by molar-refractivity contribution is 6.12. The first-order chi connectivity index (χ1) is 16.4. The second kappa shape index (κ2) is 7.82. The zero-order valence-corrected chi connectivity index (χ0v) is 18.0. The van der Waals surface area contributed by atoms with Gasteiger partial charge in [0, 0.05) is 29.3 Å². The number of aliphatic hydroxyl groups is 1. The maximum absolute atomic E-state index is 15.3. The summed E-state index contributed by atoms with van der Waals surface area (Å²) < 4.78 is 20.4. The highest BCUT2D eigenvalue weighted by atomic mass is 19.1. The Bertz CT molecular complexity index is 1480. The van der Waals surface area contributed by atoms with E-state index in [-0.39, 0.29) is 28.4 Å². The number of halogens is 1. The van der Waals surface area contributed by atoms with Gasteiger partial charge in [0.25, 0.3) is 5.91 Å². The highest BCUT2D eigenvalue weighted by Crippen LogP contribution is 2.46. The summed E-state index contributed by atoms with van der Waals surface area (Å²) in [6, 6.07) is 15.9. The quantitative estimate of drug-likeness (QED) is 0.430. The Kier molecular flexibility index (Phi) is 4.91. The number of hydrogen-bond donors (Lipinski definition) is 3. The topological polar surface area (TPSA) is 108 Å². The van der Waals surface area contributed by atoms with Crippen LogP contribution in [-0.2, 0) is 5.72 Å². The van der Waals surface area contributed by atoms with Gasteiger partial charge in [0.1, 0.15) is 0 Å². The lowest BCUT2D eigenvalue weighted by Gasteiger charge is -2.35. The molecule has 3 N–H and O–H groups in total. The Morgan fingerprint density at radius 3 is 2.79 bits per heavy atom. The zero-order valence-electron chi connectivity index (χ0n) is 18.0. The number of H-pyrrole nitrogens is 1. The van der Waals surface area contributed by atoms with Crippen molar-refractivity contribution in [3.8, 4) is 6.01 Å². The number of carbonyl (C=O) groups is 2. The van der Waals surface area contributed by atoms with Crippen molar-refractivity contribution in [2.45, 2.75) is 5.72 Å². The summed E-state index contributed by atoms with van der Waals surface area (Å²) in [6.07, 6.45) is 0.646. The summed E-state index contributed by atoms with van der Waals surface area (Å²) in [6.45, 7) is 3.62. The molecule has 1 aromatic heterocycles. The van der Waals surface area contributed by atoms with Gasteiger partial charge in [0.05, 0.1) is 16.7 Å². The molecule has 0 spiro atoms. The van der Waals surface area contributed by atoms with Gasteiger partial charge in [-0.15, -0.1) is 0 Å². The van der Waals surface area contributed by atoms with Gasteiger partial charge < -0.3 is 20.1 Å². The third-order valence-electron chi connectivity index (χ3n) is 5.78. The molecule has 4 aromatic rings. The van der Waals surface area contributed by atoms with E-state index < -0.39 is 23.5 Å². The monoisotopic (exact) mass is 458 g/mol. The summed E-state index contributed by atoms with van der Waals surface area (Å²) in [5, 5.41) is 14.4. The predicted molar refractivity (Wildman–Crippen MR) is 124 cm³/mol. The maximum atomic E-state index is 15.3. The van der Waals surface area contributed by atoms with Gasteiger partial charge in [-0.25, -0.2) is 9.18 Å². The molecule has 170 valence electrons. The van der Waals surface area contributed by atoms with Crippen LogP contribution in [0.2, 0.25) is 0 Å². The van der Waals surface area contributed by atoms with E-state index in [0.717, 1.165) is 4.90 Å². The number of carbonyl (C=O) groups excluding carboxylic acids is 2. The van der Waals surface area contributed by atoms with Gasteiger partial charge >= 0.3 is 12.1 Å². The van der Waals surface area contributed by atoms with Crippen LogP contribution in [0, 0.1) is 5.82 Å². The molecule has 2 amide bonds. The van der Waals surface area contributed by atoms with Crippen LogP contribution >= 0.6 is 0 Å². The number of amides is 2. The second-order valence-corrected chi connectivity index (χ2v) is 7.66. The largest absolute Gasteiger partial charge is 0.414 e. The minimum absolute atomic E-state index is 0.0389. The Balaban J connectivity index is 1.71. The molecule has 0 aliphatic carbocycles. The van der Waals surface area contributed by atoms with E-state index in [1.807, 2.05) is 0 Å². The average molecular weight is 458 g/mol. The van der Waals surface area contributed by atoms with Gasteiger partial charge in [-0.1, -0.05) is 49.1 Å². The third-order valence-corrected chi connectivity index (χ3v) is 5.78. The fourth-order valence-corrected chi connectivity index (χ4v) is 4.19. The average Bonchev–Trinajstić information content (AvgIpc) is 3.35. The lowest BCUT2D eigenvalue weighted by molar-refractivity contribution is 0.0699. The van der Waals surface area contributed by atoms with E-state index >= 15 is 4.39 Å². The van der Waals surface area contributed by atoms with Crippen LogP contribution < -0.4 is 15.0 Å². The molecular weight excluding hydrogens is 439 g/mol. The minimum Gasteiger partial charge on any atom is -0.375 e. The van der Waals surface area contributed by atoms with Crippen molar-refractivity contribution in [3.05, 3.63) is 95.3 Å². The maximum Gasteiger partial charge on any atom is 0.414 e. The number of rotatable bonds is 4. The smallest absolute Gasteiger partial charge is 0.375 e. The summed E-state index contributed by atoms with van der Waals surface area (Å²) >= 11 is 0. The van der Waals surface area contributed by atoms with Gasteiger partial charge in [-0.3, -0.25) is 9.69 Å². The number of fused-ring (bicyclic) bond motifs is 2. The molecule has 0 bridgehead atoms. The molecular formula is C25H19FN4O4. The van der Waals surface area contributed by atoms with Gasteiger partial charge in [-0.2, -0.15) is 4.98 Å². The Hall–Kier alpha value is -4.50. The van der Waals surface area contributed by atoms with Crippen molar-refractivity contribution in [2.24, 2.45) is 0 Å². The number of aromatic nitrogens is 2. The van der Waals surface area contributed by atoms with Crippen LogP contribution in [0.3, 0.4) is 0 Å². The van der Waals surface area contributed by atoms with E-state index in [1.54, 1.807) is 48.5 Å². The van der Waals surface area contributed by atoms with E-state index in [1.165, 1.54) is 25.3 Å². The van der Waals surface area contributed by atoms with Crippen molar-refractivity contribution in [2.75, 3.05) is 11.9 Å². The molecule has 2 heterocycles. The number of aromatic amines is 1. The molecule has 5 rings (SSSR count). The van der Waals surface area contributed by atoms with Crippen molar-refractivity contribution < 1.29 is 23.8 Å². The molecule has 34 heavy (non-hydrogen) atoms. The van der Waals surface area contributed by atoms with Gasteiger partial charge in [0.15, 0.2) is 11.5 Å². The number of nitrogens with zero attached hydrogens (tertiary/aromatic N) is 2. The summed E-state index contributed by atoms with van der Waals surface area (Å²) in [5.74, 6) is -1.23. The van der Waals surface area contributed by atoms with Crippen LogP contribution in [0.4, 0.5) is 14.9 Å². The summed E-state index contributed by atoms with van der Waals surface area (Å²) in [7, 11) is 1.42. The Morgan fingerprint density at radius 1 is 1.24 bits per heavy atom. The Labute approximate surface area is 193 Å². The molecule has 1 aliphatic rings. The van der Waals surface area contributed by atoms with Crippen molar-refractivity contribution in [1.82, 2.24) is 15.3 Å². The molecule has 8 nitrogen and oxygen atoms in total. The van der Waals surface area contributed by atoms with E-state index in [2.05, 4.69) is 21.9 Å². The van der Waals surface area contributed by atoms with Crippen LogP contribution in [0.1, 0.15) is 27.0 Å². The molecule has 3 aromatic carbocycles. The molecule has 0 saturated heterocycles. The zero-order chi connectivity index (χ0) is 24.0. The first-order valence-corrected chi connectivity index (χ1v) is 10.4. The van der Waals surface area contributed by atoms with Crippen LogP contribution in [0.5, 0.6) is 6.01 Å². The minimum atomic E-state index is -2.02. The van der Waals surface area contributed by atoms with Crippen LogP contribution in [-0.4, -0.2) is 34.1 Å². The molecule has 0 radical (unpaired) electrons. The van der Waals surface area contributed by atoms with Gasteiger partial charge in [-0.05, 0) is 24.3 Å². The molecule has 1 atom stereocenters. The second-order valence-electron chi connectivity index (χ2n) is 7.66. The lowest BCUT2D eigenvalue weighted by Crippen LogP contribution is -2.45. The molecule has 0 saturated carbocycles. The summed E-state index contributed by atoms with van der Waals surface area (Å²) in [5.41, 5.74) is -0.145. The predicted octanol–water partition coefficient (Wildman–Crippen LogP) is 3.92. The van der Waals surface area contributed by atoms with E-state index in [9.17, 15) is 14.7 Å². The fourth-order valence-electron chi connectivity index (χ4n) is 4.19. The number of imidazole rings is 1. The molecule has 1 aliphatic heterocycles. The molecule has 1 unspecified atom stereocenters. The van der Waals surface area contributed by atoms with Crippen molar-refractivity contribution >= 4 is 34.8 Å². The standard InChI is InChI=1S/C25H19FN4O4/c1-3-14-7-6-10-20(21(14)26)30-22(31)16-8-4-5-9-17(16)25(30,33)15-11-12-18-19(13-15)29-23(28-18)34-24(32)27-2/h3-13,33H,1H2,2H3,(H,27,32)(H,28,29). The first kappa shape index (κ1) is 21.4. The number of anilines is 1. The van der Waals surface area contributed by atoms with E-state index in [4.69, 9.17) is 4.74 Å². The van der Waals surface area contributed by atoms with Crippen LogP contribution in [0.15, 0.2) is 67.2 Å². The normalized spacial score (nSPS) is 17.0. The number of nitrogens with one attached hydrogen (secondary N) is 2. The number of benzene rings is 3. The van der Waals surface area contributed by atoms with E-state index in [0.29, 0.717) is 16.6 Å². The fraction of sp³-hybridized carbons (Fsp3) is 0.0800. The van der Waals surface area contributed by atoms with Crippen molar-refractivity contribution in [1.29, 1.82) is 0 Å². The lowest BCUT2D eigenvalue weighted by atomic mass is 9.93. The molecule has 9 heteroatoms. The highest BCUT2D eigenvalue weighted by Gasteiger charge is 2.51. The van der Waals surface area contributed by atoms with Crippen molar-refractivity contribution in [3.63, 3.8) is 0 Å².